The van der Waals surface area contributed by atoms with Crippen molar-refractivity contribution in [3.05, 3.63) is 83.9 Å². The number of nitrogens with one attached hydrogen (secondary N) is 1. The van der Waals surface area contributed by atoms with E-state index in [2.05, 4.69) is 15.4 Å². The molecule has 4 rings (SSSR count). The van der Waals surface area contributed by atoms with E-state index in [9.17, 15) is 9.59 Å². The molecule has 1 N–H and O–H groups in total. The van der Waals surface area contributed by atoms with E-state index in [1.54, 1.807) is 15.9 Å². The number of hydrogen-bond acceptors (Lipinski definition) is 4. The highest BCUT2D eigenvalue weighted by Crippen LogP contribution is 2.20. The molecule has 1 fully saturated rings. The van der Waals surface area contributed by atoms with Gasteiger partial charge in [-0.05, 0) is 29.7 Å². The lowest BCUT2D eigenvalue weighted by atomic mass is 10.1. The second kappa shape index (κ2) is 8.68. The van der Waals surface area contributed by atoms with Gasteiger partial charge in [0.2, 0.25) is 5.91 Å². The molecule has 29 heavy (non-hydrogen) atoms. The van der Waals surface area contributed by atoms with Crippen LogP contribution in [0.1, 0.15) is 27.9 Å². The quantitative estimate of drug-likeness (QED) is 0.700. The minimum absolute atomic E-state index is 0.00378. The number of rotatable bonds is 6. The van der Waals surface area contributed by atoms with Crippen molar-refractivity contribution < 1.29 is 9.59 Å². The number of carbonyl (C=O) groups excluding carboxylic acids is 2. The van der Waals surface area contributed by atoms with Crippen LogP contribution >= 0.6 is 0 Å². The Labute approximate surface area is 169 Å². The summed E-state index contributed by atoms with van der Waals surface area (Å²) in [5, 5.41) is 7.08. The van der Waals surface area contributed by atoms with E-state index in [1.165, 1.54) is 6.33 Å². The van der Waals surface area contributed by atoms with Crippen molar-refractivity contribution in [2.45, 2.75) is 19.5 Å². The molecule has 1 aromatic heterocycles. The molecule has 1 unspecified atom stereocenters. The fourth-order valence-corrected chi connectivity index (χ4v) is 3.57. The molecule has 3 aromatic rings. The molecule has 1 aliphatic rings. The van der Waals surface area contributed by atoms with Crippen LogP contribution in [0.5, 0.6) is 0 Å². The summed E-state index contributed by atoms with van der Waals surface area (Å²) in [5.41, 5.74) is 2.68. The average Bonchev–Trinajstić information content (AvgIpc) is 3.45. The lowest BCUT2D eigenvalue weighted by Crippen LogP contribution is -2.34. The van der Waals surface area contributed by atoms with E-state index in [4.69, 9.17) is 0 Å². The zero-order valence-electron chi connectivity index (χ0n) is 16.1. The van der Waals surface area contributed by atoms with Gasteiger partial charge in [-0.25, -0.2) is 9.67 Å². The predicted octanol–water partition coefficient (Wildman–Crippen LogP) is 2.10. The van der Waals surface area contributed by atoms with Crippen LogP contribution in [0.15, 0.2) is 67.3 Å². The van der Waals surface area contributed by atoms with Gasteiger partial charge < -0.3 is 10.2 Å². The maximum atomic E-state index is 12.9. The van der Waals surface area contributed by atoms with Crippen LogP contribution in [0.2, 0.25) is 0 Å². The van der Waals surface area contributed by atoms with Crippen LogP contribution in [0.3, 0.4) is 0 Å². The van der Waals surface area contributed by atoms with Gasteiger partial charge in [-0.3, -0.25) is 9.59 Å². The van der Waals surface area contributed by atoms with Gasteiger partial charge in [0, 0.05) is 25.2 Å². The molecule has 1 atom stereocenters. The molecule has 0 bridgehead atoms. The third kappa shape index (κ3) is 4.68. The molecule has 2 aromatic carbocycles. The van der Waals surface area contributed by atoms with Gasteiger partial charge >= 0.3 is 0 Å². The Hall–Kier alpha value is -3.48. The van der Waals surface area contributed by atoms with Crippen LogP contribution in [-0.4, -0.2) is 44.6 Å². The van der Waals surface area contributed by atoms with Crippen molar-refractivity contribution in [1.29, 1.82) is 0 Å². The van der Waals surface area contributed by atoms with Crippen LogP contribution in [0.25, 0.3) is 0 Å². The van der Waals surface area contributed by atoms with Crippen molar-refractivity contribution in [2.24, 2.45) is 5.92 Å². The van der Waals surface area contributed by atoms with E-state index in [1.807, 2.05) is 54.6 Å². The Balaban J connectivity index is 1.33. The first kappa shape index (κ1) is 18.9. The lowest BCUT2D eigenvalue weighted by molar-refractivity contribution is -0.124. The monoisotopic (exact) mass is 389 g/mol. The molecule has 0 saturated carbocycles. The molecular weight excluding hydrogens is 366 g/mol. The van der Waals surface area contributed by atoms with Crippen molar-refractivity contribution >= 4 is 11.8 Å². The van der Waals surface area contributed by atoms with Gasteiger partial charge in [0.15, 0.2) is 0 Å². The lowest BCUT2D eigenvalue weighted by Gasteiger charge is -2.17. The summed E-state index contributed by atoms with van der Waals surface area (Å²) in [4.78, 5) is 31.1. The first-order valence-corrected chi connectivity index (χ1v) is 9.71. The molecule has 7 nitrogen and oxygen atoms in total. The third-order valence-electron chi connectivity index (χ3n) is 5.14. The van der Waals surface area contributed by atoms with Gasteiger partial charge in [-0.1, -0.05) is 42.5 Å². The average molecular weight is 389 g/mol. The molecule has 2 amide bonds. The third-order valence-corrected chi connectivity index (χ3v) is 5.14. The van der Waals surface area contributed by atoms with E-state index in [0.717, 1.165) is 11.1 Å². The summed E-state index contributed by atoms with van der Waals surface area (Å²) in [6, 6.07) is 17.4. The topological polar surface area (TPSA) is 80.1 Å². The maximum Gasteiger partial charge on any atom is 0.253 e. The van der Waals surface area contributed by atoms with Gasteiger partial charge in [0.25, 0.3) is 5.91 Å². The van der Waals surface area contributed by atoms with Gasteiger partial charge in [0.05, 0.1) is 12.5 Å². The highest BCUT2D eigenvalue weighted by molar-refractivity contribution is 5.95. The fourth-order valence-electron chi connectivity index (χ4n) is 3.57. The normalized spacial score (nSPS) is 16.0. The summed E-state index contributed by atoms with van der Waals surface area (Å²) < 4.78 is 1.71. The minimum Gasteiger partial charge on any atom is -0.352 e. The summed E-state index contributed by atoms with van der Waals surface area (Å²) in [7, 11) is 0. The Kier molecular flexibility index (Phi) is 5.65. The first-order valence-electron chi connectivity index (χ1n) is 9.71. The molecule has 7 heteroatoms. The number of nitrogens with zero attached hydrogens (tertiary/aromatic N) is 4. The number of amides is 2. The molecular formula is C22H23N5O2. The number of benzene rings is 2. The van der Waals surface area contributed by atoms with Gasteiger partial charge in [0.1, 0.15) is 12.7 Å². The Morgan fingerprint density at radius 1 is 1.07 bits per heavy atom. The van der Waals surface area contributed by atoms with Crippen LogP contribution in [0, 0.1) is 5.92 Å². The first-order chi connectivity index (χ1) is 14.2. The van der Waals surface area contributed by atoms with Crippen LogP contribution in [-0.2, 0) is 17.9 Å². The predicted molar refractivity (Wildman–Crippen MR) is 108 cm³/mol. The van der Waals surface area contributed by atoms with Gasteiger partial charge in [-0.2, -0.15) is 5.10 Å². The standard InChI is InChI=1S/C22H23N5O2/c28-21(24-12-17-5-2-1-3-6-17)20-9-10-26(14-20)22(29)19-8-4-7-18(11-19)13-27-16-23-15-25-27/h1-8,11,15-16,20H,9-10,12-14H2,(H,24,28). The van der Waals surface area contributed by atoms with E-state index < -0.39 is 0 Å². The summed E-state index contributed by atoms with van der Waals surface area (Å²) in [6.07, 6.45) is 3.82. The second-order valence-corrected chi connectivity index (χ2v) is 7.23. The summed E-state index contributed by atoms with van der Waals surface area (Å²) in [6.45, 7) is 2.11. The Morgan fingerprint density at radius 3 is 2.69 bits per heavy atom. The summed E-state index contributed by atoms with van der Waals surface area (Å²) in [5.74, 6) is -0.200. The van der Waals surface area contributed by atoms with Crippen molar-refractivity contribution in [3.63, 3.8) is 0 Å². The molecule has 2 heterocycles. The van der Waals surface area contributed by atoms with Crippen molar-refractivity contribution in [2.75, 3.05) is 13.1 Å². The maximum absolute atomic E-state index is 12.9. The second-order valence-electron chi connectivity index (χ2n) is 7.23. The Bertz CT molecular complexity index is 972. The number of carbonyl (C=O) groups is 2. The minimum atomic E-state index is -0.166. The van der Waals surface area contributed by atoms with Crippen LogP contribution in [0.4, 0.5) is 0 Å². The number of aromatic nitrogens is 3. The van der Waals surface area contributed by atoms with Crippen molar-refractivity contribution in [3.8, 4) is 0 Å². The van der Waals surface area contributed by atoms with Crippen LogP contribution < -0.4 is 5.32 Å². The zero-order valence-corrected chi connectivity index (χ0v) is 16.1. The fraction of sp³-hybridized carbons (Fsp3) is 0.273. The largest absolute Gasteiger partial charge is 0.352 e. The van der Waals surface area contributed by atoms with E-state index in [0.29, 0.717) is 38.2 Å². The highest BCUT2D eigenvalue weighted by Gasteiger charge is 2.31. The number of likely N-dealkylation sites (tertiary alicyclic amines) is 1. The molecule has 0 radical (unpaired) electrons. The highest BCUT2D eigenvalue weighted by atomic mass is 16.2. The van der Waals surface area contributed by atoms with E-state index >= 15 is 0 Å². The SMILES string of the molecule is O=C(NCc1ccccc1)C1CCN(C(=O)c2cccc(Cn3cncn3)c2)C1. The Morgan fingerprint density at radius 2 is 1.90 bits per heavy atom. The molecule has 148 valence electrons. The molecule has 0 aliphatic carbocycles. The van der Waals surface area contributed by atoms with E-state index in [-0.39, 0.29) is 17.7 Å². The number of hydrogen-bond donors (Lipinski definition) is 1. The summed E-state index contributed by atoms with van der Waals surface area (Å²) >= 11 is 0. The van der Waals surface area contributed by atoms with Crippen molar-refractivity contribution in [1.82, 2.24) is 25.0 Å². The molecule has 1 aliphatic heterocycles. The van der Waals surface area contributed by atoms with Gasteiger partial charge in [-0.15, -0.1) is 0 Å². The zero-order chi connectivity index (χ0) is 20.1. The smallest absolute Gasteiger partial charge is 0.253 e. The molecule has 0 spiro atoms. The molecule has 1 saturated heterocycles.